The zero-order valence-corrected chi connectivity index (χ0v) is 16.7. The van der Waals surface area contributed by atoms with Crippen molar-refractivity contribution in [2.75, 3.05) is 13.1 Å². The van der Waals surface area contributed by atoms with E-state index in [4.69, 9.17) is 0 Å². The molecule has 1 aliphatic heterocycles. The molecular weight excluding hydrogens is 278 g/mol. The molecule has 1 N–H and O–H groups in total. The SMILES string of the molecule is C1CCNC1.CC.CCCCC1CCC2CC(CCC2CC)C1. The number of unbranched alkanes of at least 4 members (excludes halogenated alkanes) is 1. The highest BCUT2D eigenvalue weighted by molar-refractivity contribution is 4.84. The minimum atomic E-state index is 1.08. The number of hydrogen-bond donors (Lipinski definition) is 1. The Balaban J connectivity index is 0.000000317. The van der Waals surface area contributed by atoms with Crippen molar-refractivity contribution in [3.05, 3.63) is 0 Å². The summed E-state index contributed by atoms with van der Waals surface area (Å²) in [5.41, 5.74) is 0. The molecule has 138 valence electrons. The Morgan fingerprint density at radius 3 is 2.17 bits per heavy atom. The highest BCUT2D eigenvalue weighted by Crippen LogP contribution is 2.45. The van der Waals surface area contributed by atoms with Crippen LogP contribution in [0.4, 0.5) is 0 Å². The zero-order valence-electron chi connectivity index (χ0n) is 16.7. The van der Waals surface area contributed by atoms with Gasteiger partial charge in [0, 0.05) is 0 Å². The molecule has 23 heavy (non-hydrogen) atoms. The molecule has 2 bridgehead atoms. The van der Waals surface area contributed by atoms with Crippen molar-refractivity contribution in [2.24, 2.45) is 23.7 Å². The molecule has 0 radical (unpaired) electrons. The van der Waals surface area contributed by atoms with E-state index in [0.29, 0.717) is 0 Å². The average Bonchev–Trinajstić information content (AvgIpc) is 3.14. The van der Waals surface area contributed by atoms with Gasteiger partial charge in [-0.15, -0.1) is 0 Å². The number of fused-ring (bicyclic) bond motifs is 2. The summed E-state index contributed by atoms with van der Waals surface area (Å²) in [6.45, 7) is 11.2. The maximum atomic E-state index is 3.22. The third-order valence-corrected chi connectivity index (χ3v) is 6.31. The van der Waals surface area contributed by atoms with Gasteiger partial charge in [-0.25, -0.2) is 0 Å². The standard InChI is InChI=1S/C16H30.C4H9N.C2H6/c1-3-5-6-13-7-10-16-12-14(11-13)8-9-15(16)4-2;1-2-4-5-3-1;1-2/h13-16H,3-12H2,1-2H3;5H,1-4H2;1-2H3. The van der Waals surface area contributed by atoms with Crippen LogP contribution in [0, 0.1) is 23.7 Å². The second-order valence-corrected chi connectivity index (χ2v) is 7.89. The molecule has 0 aromatic heterocycles. The van der Waals surface area contributed by atoms with Gasteiger partial charge in [-0.3, -0.25) is 0 Å². The molecule has 0 aromatic carbocycles. The molecule has 2 saturated carbocycles. The third kappa shape index (κ3) is 8.05. The summed E-state index contributed by atoms with van der Waals surface area (Å²) < 4.78 is 0. The van der Waals surface area contributed by atoms with E-state index in [1.54, 1.807) is 38.5 Å². The van der Waals surface area contributed by atoms with E-state index in [1.165, 1.54) is 51.6 Å². The molecule has 0 aromatic rings. The lowest BCUT2D eigenvalue weighted by molar-refractivity contribution is 0.175. The van der Waals surface area contributed by atoms with Crippen molar-refractivity contribution in [3.8, 4) is 0 Å². The molecule has 1 saturated heterocycles. The first kappa shape index (κ1) is 21.0. The Hall–Kier alpha value is -0.0400. The maximum absolute atomic E-state index is 3.22. The second kappa shape index (κ2) is 13.3. The van der Waals surface area contributed by atoms with Crippen LogP contribution in [-0.2, 0) is 0 Å². The van der Waals surface area contributed by atoms with Crippen LogP contribution in [-0.4, -0.2) is 13.1 Å². The van der Waals surface area contributed by atoms with Crippen LogP contribution in [0.3, 0.4) is 0 Å². The minimum absolute atomic E-state index is 1.08. The average molecular weight is 324 g/mol. The van der Waals surface area contributed by atoms with E-state index < -0.39 is 0 Å². The molecule has 1 heterocycles. The summed E-state index contributed by atoms with van der Waals surface area (Å²) in [4.78, 5) is 0. The van der Waals surface area contributed by atoms with Crippen molar-refractivity contribution >= 4 is 0 Å². The fourth-order valence-corrected chi connectivity index (χ4v) is 4.95. The summed E-state index contributed by atoms with van der Waals surface area (Å²) in [6.07, 6.45) is 18.0. The molecule has 3 fully saturated rings. The first-order chi connectivity index (χ1) is 11.3. The maximum Gasteiger partial charge on any atom is -0.00484 e. The fourth-order valence-electron chi connectivity index (χ4n) is 4.95. The van der Waals surface area contributed by atoms with Crippen LogP contribution in [0.25, 0.3) is 0 Å². The van der Waals surface area contributed by atoms with Gasteiger partial charge in [0.15, 0.2) is 0 Å². The fraction of sp³-hybridized carbons (Fsp3) is 1.00. The van der Waals surface area contributed by atoms with Gasteiger partial charge in [0.1, 0.15) is 0 Å². The molecule has 1 heteroatoms. The van der Waals surface area contributed by atoms with Crippen molar-refractivity contribution in [1.82, 2.24) is 5.32 Å². The van der Waals surface area contributed by atoms with Crippen molar-refractivity contribution in [1.29, 1.82) is 0 Å². The third-order valence-electron chi connectivity index (χ3n) is 6.31. The molecule has 3 aliphatic rings. The van der Waals surface area contributed by atoms with Gasteiger partial charge in [-0.2, -0.15) is 0 Å². The summed E-state index contributed by atoms with van der Waals surface area (Å²) in [5, 5.41) is 3.22. The Bertz CT molecular complexity index is 251. The predicted octanol–water partition coefficient (Wildman–Crippen LogP) is 6.82. The van der Waals surface area contributed by atoms with Crippen molar-refractivity contribution < 1.29 is 0 Å². The van der Waals surface area contributed by atoms with Crippen LogP contribution >= 0.6 is 0 Å². The summed E-state index contributed by atoms with van der Waals surface area (Å²) in [6, 6.07) is 0. The molecule has 3 rings (SSSR count). The zero-order chi connectivity index (χ0) is 16.9. The Labute approximate surface area is 147 Å². The van der Waals surface area contributed by atoms with Gasteiger partial charge in [0.05, 0.1) is 0 Å². The van der Waals surface area contributed by atoms with Gasteiger partial charge in [0.2, 0.25) is 0 Å². The van der Waals surface area contributed by atoms with E-state index in [1.807, 2.05) is 13.8 Å². The van der Waals surface area contributed by atoms with Gasteiger partial charge in [0.25, 0.3) is 0 Å². The van der Waals surface area contributed by atoms with E-state index in [9.17, 15) is 0 Å². The lowest BCUT2D eigenvalue weighted by atomic mass is 9.72. The molecule has 0 amide bonds. The van der Waals surface area contributed by atoms with E-state index in [0.717, 1.165) is 23.7 Å². The molecular formula is C22H45N. The van der Waals surface area contributed by atoms with Crippen LogP contribution in [0.1, 0.15) is 105 Å². The molecule has 1 nitrogen and oxygen atoms in total. The van der Waals surface area contributed by atoms with Crippen LogP contribution < -0.4 is 5.32 Å². The molecule has 2 aliphatic carbocycles. The topological polar surface area (TPSA) is 12.0 Å². The Kier molecular flexibility index (Phi) is 12.1. The summed E-state index contributed by atoms with van der Waals surface area (Å²) in [7, 11) is 0. The van der Waals surface area contributed by atoms with Crippen LogP contribution in [0.2, 0.25) is 0 Å². The van der Waals surface area contributed by atoms with E-state index in [-0.39, 0.29) is 0 Å². The summed E-state index contributed by atoms with van der Waals surface area (Å²) >= 11 is 0. The predicted molar refractivity (Wildman–Crippen MR) is 105 cm³/mol. The first-order valence-corrected chi connectivity index (χ1v) is 11.0. The van der Waals surface area contributed by atoms with E-state index >= 15 is 0 Å². The normalized spacial score (nSPS) is 32.9. The number of nitrogens with one attached hydrogen (secondary N) is 1. The van der Waals surface area contributed by atoms with Crippen LogP contribution in [0.15, 0.2) is 0 Å². The van der Waals surface area contributed by atoms with Gasteiger partial charge >= 0.3 is 0 Å². The Morgan fingerprint density at radius 1 is 0.870 bits per heavy atom. The number of rotatable bonds is 4. The quantitative estimate of drug-likeness (QED) is 0.599. The van der Waals surface area contributed by atoms with Crippen molar-refractivity contribution in [2.45, 2.75) is 105 Å². The minimum Gasteiger partial charge on any atom is -0.317 e. The number of hydrogen-bond acceptors (Lipinski definition) is 1. The van der Waals surface area contributed by atoms with Gasteiger partial charge in [-0.05, 0) is 75.3 Å². The first-order valence-electron chi connectivity index (χ1n) is 11.0. The lowest BCUT2D eigenvalue weighted by Gasteiger charge is -2.33. The van der Waals surface area contributed by atoms with Crippen molar-refractivity contribution in [3.63, 3.8) is 0 Å². The molecule has 4 unspecified atom stereocenters. The molecule has 0 spiro atoms. The summed E-state index contributed by atoms with van der Waals surface area (Å²) in [5.74, 6) is 4.39. The van der Waals surface area contributed by atoms with E-state index in [2.05, 4.69) is 19.2 Å². The second-order valence-electron chi connectivity index (χ2n) is 7.89. The van der Waals surface area contributed by atoms with Gasteiger partial charge < -0.3 is 5.32 Å². The largest absolute Gasteiger partial charge is 0.317 e. The highest BCUT2D eigenvalue weighted by Gasteiger charge is 2.33. The lowest BCUT2D eigenvalue weighted by Crippen LogP contribution is -2.22. The Morgan fingerprint density at radius 2 is 1.61 bits per heavy atom. The molecule has 4 atom stereocenters. The highest BCUT2D eigenvalue weighted by atomic mass is 14.9. The van der Waals surface area contributed by atoms with Gasteiger partial charge in [-0.1, -0.05) is 66.2 Å². The smallest absolute Gasteiger partial charge is 0.00484 e. The van der Waals surface area contributed by atoms with Crippen LogP contribution in [0.5, 0.6) is 0 Å². The monoisotopic (exact) mass is 323 g/mol.